The van der Waals surface area contributed by atoms with E-state index < -0.39 is 84.0 Å². The molecule has 5 fully saturated rings. The third kappa shape index (κ3) is 8.64. The average molecular weight is 871 g/mol. The third-order valence-electron chi connectivity index (χ3n) is 16.2. The molecule has 1 heterocycles. The van der Waals surface area contributed by atoms with Crippen molar-refractivity contribution in [2.45, 2.75) is 179 Å². The maximum atomic E-state index is 14.2. The Kier molecular flexibility index (Phi) is 14.0. The first-order valence-corrected chi connectivity index (χ1v) is 22.9. The number of ketones is 1. The molecule has 0 spiro atoms. The monoisotopic (exact) mass is 870 g/mol. The van der Waals surface area contributed by atoms with E-state index >= 15 is 0 Å². The van der Waals surface area contributed by atoms with Gasteiger partial charge in [-0.15, -0.1) is 0 Å². The minimum Gasteiger partial charge on any atom is -0.497 e. The second-order valence-corrected chi connectivity index (χ2v) is 20.1. The molecule has 0 amide bonds. The number of allylic oxidation sites excluding steroid dienone is 1. The number of aliphatic hydroxyl groups excluding tert-OH is 4. The highest BCUT2D eigenvalue weighted by atomic mass is 16.7. The Bertz CT molecular complexity index is 1800. The molecule has 0 unspecified atom stereocenters. The van der Waals surface area contributed by atoms with Crippen molar-refractivity contribution in [2.75, 3.05) is 13.7 Å². The van der Waals surface area contributed by atoms with Crippen LogP contribution in [0, 0.1) is 40.4 Å². The summed E-state index contributed by atoms with van der Waals surface area (Å²) < 4.78 is 36.4. The number of fused-ring (bicyclic) bond motifs is 5. The van der Waals surface area contributed by atoms with Gasteiger partial charge in [0.1, 0.15) is 35.4 Å². The van der Waals surface area contributed by atoms with Crippen LogP contribution in [0.3, 0.4) is 0 Å². The van der Waals surface area contributed by atoms with Crippen LogP contribution in [0.25, 0.3) is 0 Å². The maximum Gasteiger partial charge on any atom is 0.338 e. The molecule has 0 bridgehead atoms. The molecule has 5 N–H and O–H groups in total. The SMILES string of the molecule is COc1ccc(C(=O)O[C@@H]2[C@@H](O)[C@H](O)CC[C@H]2O[C@@H]2[C@@H](OC(C)=O)[C@H](O[C@H]3C[C@H]4[C@@H]5CC=C6C[C@@H](O)CC[C@]6(C)[C@H]5CC[C@]4(C)[C@@]3(O)[C@H](C)C(=O)CCC(C)C)OC[C@@H]2O)cc1. The lowest BCUT2D eigenvalue weighted by Crippen LogP contribution is -2.64. The van der Waals surface area contributed by atoms with Crippen LogP contribution in [-0.4, -0.2) is 124 Å². The molecule has 62 heavy (non-hydrogen) atoms. The molecule has 0 aromatic heterocycles. The highest BCUT2D eigenvalue weighted by Crippen LogP contribution is 2.69. The van der Waals surface area contributed by atoms with Gasteiger partial charge in [-0.25, -0.2) is 4.79 Å². The molecule has 5 aliphatic carbocycles. The standard InChI is InChI=1S/C48H70O14/c1-25(2)8-15-35(51)26(3)48(56)39(23-34-32-14-11-29-22-30(50)18-20-46(29,5)33(32)19-21-47(34,48)6)61-45-43(59-27(4)49)41(37(53)24-58-45)60-38-17-16-36(52)40(54)42(38)62-44(55)28-9-12-31(57-7)13-10-28/h9-13,25-26,30,32-34,36-43,45,50,52-54,56H,8,14-24H2,1-7H3/t26-,30+,32-,33+,34+,36-,37+,38-,39+,40+,41+,42+,43-,45+,46+,47+,48-/m1/s1. The number of aliphatic hydroxyl groups is 5. The van der Waals surface area contributed by atoms with Gasteiger partial charge in [0, 0.05) is 24.7 Å². The number of esters is 2. The summed E-state index contributed by atoms with van der Waals surface area (Å²) in [5, 5.41) is 57.4. The quantitative estimate of drug-likeness (QED) is 0.133. The number of hydrogen-bond acceptors (Lipinski definition) is 14. The van der Waals surface area contributed by atoms with E-state index in [4.69, 9.17) is 28.4 Å². The number of hydrogen-bond donors (Lipinski definition) is 5. The lowest BCUT2D eigenvalue weighted by atomic mass is 9.46. The van der Waals surface area contributed by atoms with E-state index in [0.717, 1.165) is 25.7 Å². The average Bonchev–Trinajstić information content (AvgIpc) is 3.47. The van der Waals surface area contributed by atoms with E-state index in [0.29, 0.717) is 43.8 Å². The Morgan fingerprint density at radius 1 is 0.871 bits per heavy atom. The van der Waals surface area contributed by atoms with Gasteiger partial charge in [0.05, 0.1) is 43.7 Å². The van der Waals surface area contributed by atoms with E-state index in [1.165, 1.54) is 31.7 Å². The largest absolute Gasteiger partial charge is 0.497 e. The van der Waals surface area contributed by atoms with Gasteiger partial charge >= 0.3 is 11.9 Å². The normalized spacial score (nSPS) is 42.1. The first kappa shape index (κ1) is 47.0. The van der Waals surface area contributed by atoms with Crippen molar-refractivity contribution < 1.29 is 68.3 Å². The molecule has 1 aliphatic heterocycles. The zero-order chi connectivity index (χ0) is 44.9. The molecule has 14 heteroatoms. The topological polar surface area (TPSA) is 208 Å². The molecule has 17 atom stereocenters. The molecule has 1 aromatic carbocycles. The molecule has 6 aliphatic rings. The van der Waals surface area contributed by atoms with Gasteiger partial charge in [0.25, 0.3) is 0 Å². The molecule has 0 radical (unpaired) electrons. The number of carbonyl (C=O) groups excluding carboxylic acids is 3. The number of carbonyl (C=O) groups is 3. The van der Waals surface area contributed by atoms with E-state index in [1.807, 2.05) is 0 Å². The number of benzene rings is 1. The first-order chi connectivity index (χ1) is 29.3. The molecule has 1 aromatic rings. The van der Waals surface area contributed by atoms with Crippen molar-refractivity contribution in [3.63, 3.8) is 0 Å². The van der Waals surface area contributed by atoms with Gasteiger partial charge in [-0.3, -0.25) is 9.59 Å². The summed E-state index contributed by atoms with van der Waals surface area (Å²) in [5.41, 5.74) is -0.960. The summed E-state index contributed by atoms with van der Waals surface area (Å²) >= 11 is 0. The zero-order valence-corrected chi connectivity index (χ0v) is 37.4. The van der Waals surface area contributed by atoms with Crippen LogP contribution in [0.2, 0.25) is 0 Å². The summed E-state index contributed by atoms with van der Waals surface area (Å²) in [6, 6.07) is 6.19. The van der Waals surface area contributed by atoms with Crippen LogP contribution in [0.15, 0.2) is 35.9 Å². The summed E-state index contributed by atoms with van der Waals surface area (Å²) in [4.78, 5) is 40.4. The Labute approximate surface area is 365 Å². The number of Topliss-reactive ketones (excluding diaryl/α,β-unsaturated/α-hetero) is 1. The van der Waals surface area contributed by atoms with Crippen molar-refractivity contribution in [3.05, 3.63) is 41.5 Å². The highest BCUT2D eigenvalue weighted by molar-refractivity contribution is 5.89. The Hall–Kier alpha value is -2.95. The molecule has 346 valence electrons. The van der Waals surface area contributed by atoms with Crippen molar-refractivity contribution in [2.24, 2.45) is 40.4 Å². The highest BCUT2D eigenvalue weighted by Gasteiger charge is 2.70. The predicted molar refractivity (Wildman–Crippen MR) is 225 cm³/mol. The smallest absolute Gasteiger partial charge is 0.338 e. The first-order valence-electron chi connectivity index (χ1n) is 22.9. The Morgan fingerprint density at radius 3 is 2.27 bits per heavy atom. The fourth-order valence-corrected chi connectivity index (χ4v) is 12.5. The maximum absolute atomic E-state index is 14.2. The Balaban J connectivity index is 1.18. The van der Waals surface area contributed by atoms with Crippen LogP contribution in [0.5, 0.6) is 5.75 Å². The van der Waals surface area contributed by atoms with Crippen LogP contribution >= 0.6 is 0 Å². The lowest BCUT2D eigenvalue weighted by Gasteiger charge is -2.59. The van der Waals surface area contributed by atoms with Crippen molar-refractivity contribution in [1.29, 1.82) is 0 Å². The predicted octanol–water partition coefficient (Wildman–Crippen LogP) is 4.83. The summed E-state index contributed by atoms with van der Waals surface area (Å²) in [5.74, 6) is -1.06. The van der Waals surface area contributed by atoms with Crippen LogP contribution in [-0.2, 0) is 33.3 Å². The number of rotatable bonds is 13. The van der Waals surface area contributed by atoms with Gasteiger partial charge < -0.3 is 54.0 Å². The summed E-state index contributed by atoms with van der Waals surface area (Å²) in [6.45, 7) is 11.3. The van der Waals surface area contributed by atoms with Crippen LogP contribution < -0.4 is 4.74 Å². The second kappa shape index (κ2) is 18.5. The summed E-state index contributed by atoms with van der Waals surface area (Å²) in [7, 11) is 1.50. The fourth-order valence-electron chi connectivity index (χ4n) is 12.5. The minimum atomic E-state index is -1.65. The van der Waals surface area contributed by atoms with E-state index in [9.17, 15) is 39.9 Å². The van der Waals surface area contributed by atoms with Crippen LogP contribution in [0.1, 0.15) is 123 Å². The molecular formula is C48H70O14. The van der Waals surface area contributed by atoms with Gasteiger partial charge in [-0.2, -0.15) is 0 Å². The molecular weight excluding hydrogens is 801 g/mol. The lowest BCUT2D eigenvalue weighted by molar-refractivity contribution is -0.319. The molecule has 4 saturated carbocycles. The van der Waals surface area contributed by atoms with Crippen molar-refractivity contribution in [1.82, 2.24) is 0 Å². The van der Waals surface area contributed by atoms with Crippen LogP contribution in [0.4, 0.5) is 0 Å². The fraction of sp³-hybridized carbons (Fsp3) is 0.771. The van der Waals surface area contributed by atoms with Gasteiger partial charge in [-0.05, 0) is 118 Å². The number of methoxy groups -OCH3 is 1. The third-order valence-corrected chi connectivity index (χ3v) is 16.2. The van der Waals surface area contributed by atoms with E-state index in [2.05, 4.69) is 33.8 Å². The second-order valence-electron chi connectivity index (χ2n) is 20.1. The van der Waals surface area contributed by atoms with Gasteiger partial charge in [-0.1, -0.05) is 46.3 Å². The molecule has 14 nitrogen and oxygen atoms in total. The molecule has 7 rings (SSSR count). The number of ether oxygens (including phenoxy) is 6. The van der Waals surface area contributed by atoms with E-state index in [1.54, 1.807) is 19.1 Å². The zero-order valence-electron chi connectivity index (χ0n) is 37.4. The van der Waals surface area contributed by atoms with Gasteiger partial charge in [0.15, 0.2) is 18.5 Å². The Morgan fingerprint density at radius 2 is 1.60 bits per heavy atom. The van der Waals surface area contributed by atoms with E-state index in [-0.39, 0.29) is 60.1 Å². The van der Waals surface area contributed by atoms with Crippen molar-refractivity contribution in [3.8, 4) is 5.75 Å². The molecule has 1 saturated heterocycles. The van der Waals surface area contributed by atoms with Gasteiger partial charge in [0.2, 0.25) is 0 Å². The van der Waals surface area contributed by atoms with Crippen molar-refractivity contribution >= 4 is 17.7 Å². The minimum absolute atomic E-state index is 0.0391. The summed E-state index contributed by atoms with van der Waals surface area (Å²) in [6.07, 6.45) is -3.32.